The molecule has 2 aromatic rings. The maximum absolute atomic E-state index is 12.1. The molecule has 0 aromatic heterocycles. The van der Waals surface area contributed by atoms with Crippen LogP contribution < -0.4 is 9.47 Å². The van der Waals surface area contributed by atoms with Crippen LogP contribution in [-0.4, -0.2) is 31.0 Å². The van der Waals surface area contributed by atoms with Gasteiger partial charge in [-0.3, -0.25) is 4.79 Å². The van der Waals surface area contributed by atoms with Crippen LogP contribution in [0.1, 0.15) is 24.3 Å². The first-order valence-corrected chi connectivity index (χ1v) is 8.35. The van der Waals surface area contributed by atoms with E-state index in [9.17, 15) is 4.79 Å². The van der Waals surface area contributed by atoms with Crippen molar-refractivity contribution in [3.63, 3.8) is 0 Å². The molecule has 3 rings (SSSR count). The third kappa shape index (κ3) is 3.46. The van der Waals surface area contributed by atoms with Crippen LogP contribution in [0.4, 0.5) is 0 Å². The van der Waals surface area contributed by atoms with E-state index in [4.69, 9.17) is 14.2 Å². The van der Waals surface area contributed by atoms with Crippen molar-refractivity contribution >= 4 is 27.7 Å². The average Bonchev–Trinajstić information content (AvgIpc) is 3.07. The van der Waals surface area contributed by atoms with Crippen LogP contribution >= 0.6 is 15.9 Å². The maximum Gasteiger partial charge on any atom is 0.243 e. The number of nitrogens with zero attached hydrogens (tertiary/aromatic N) is 2. The lowest BCUT2D eigenvalue weighted by atomic mass is 10.1. The summed E-state index contributed by atoms with van der Waals surface area (Å²) in [6.07, 6.45) is -0.721. The number of hydrogen-bond donors (Lipinski definition) is 0. The van der Waals surface area contributed by atoms with E-state index in [-0.39, 0.29) is 5.91 Å². The van der Waals surface area contributed by atoms with E-state index in [0.29, 0.717) is 23.0 Å². The van der Waals surface area contributed by atoms with Crippen LogP contribution in [0.25, 0.3) is 0 Å². The molecule has 7 heteroatoms. The summed E-state index contributed by atoms with van der Waals surface area (Å²) in [5.41, 5.74) is 1.44. The summed E-state index contributed by atoms with van der Waals surface area (Å²) in [6, 6.07) is 12.8. The molecule has 6 nitrogen and oxygen atoms in total. The Bertz CT molecular complexity index is 820. The van der Waals surface area contributed by atoms with Crippen LogP contribution in [0.3, 0.4) is 0 Å². The molecule has 0 fully saturated rings. The van der Waals surface area contributed by atoms with Gasteiger partial charge in [0.15, 0.2) is 0 Å². The Hall–Kier alpha value is -2.54. The minimum atomic E-state index is -0.721. The quantitative estimate of drug-likeness (QED) is 0.779. The molecule has 1 amide bonds. The lowest BCUT2D eigenvalue weighted by Gasteiger charge is -2.21. The average molecular weight is 405 g/mol. The second-order valence-electron chi connectivity index (χ2n) is 5.35. The summed E-state index contributed by atoms with van der Waals surface area (Å²) in [5.74, 6) is 1.36. The zero-order valence-electron chi connectivity index (χ0n) is 14.0. The molecule has 0 radical (unpaired) electrons. The summed E-state index contributed by atoms with van der Waals surface area (Å²) in [6.45, 7) is 1.44. The minimum Gasteiger partial charge on any atom is -0.497 e. The highest BCUT2D eigenvalue weighted by atomic mass is 79.9. The Kier molecular flexibility index (Phi) is 4.94. The zero-order valence-corrected chi connectivity index (χ0v) is 15.6. The van der Waals surface area contributed by atoms with Crippen molar-refractivity contribution in [3.05, 3.63) is 58.1 Å². The number of hydrogen-bond acceptors (Lipinski definition) is 5. The summed E-state index contributed by atoms with van der Waals surface area (Å²) in [5, 5.41) is 5.64. The fourth-order valence-electron chi connectivity index (χ4n) is 2.51. The Balaban J connectivity index is 2.00. The molecule has 0 saturated carbocycles. The van der Waals surface area contributed by atoms with Crippen molar-refractivity contribution < 1.29 is 19.0 Å². The Morgan fingerprint density at radius 3 is 2.48 bits per heavy atom. The Labute approximate surface area is 154 Å². The molecule has 0 saturated heterocycles. The van der Waals surface area contributed by atoms with Crippen LogP contribution in [0.15, 0.2) is 52.0 Å². The first-order valence-electron chi connectivity index (χ1n) is 7.56. The number of carbonyl (C=O) groups is 1. The predicted molar refractivity (Wildman–Crippen MR) is 96.6 cm³/mol. The third-order valence-corrected chi connectivity index (χ3v) is 4.29. The summed E-state index contributed by atoms with van der Waals surface area (Å²) < 4.78 is 17.6. The van der Waals surface area contributed by atoms with Gasteiger partial charge in [-0.15, -0.1) is 5.10 Å². The fourth-order valence-corrected chi connectivity index (χ4v) is 2.78. The van der Waals surface area contributed by atoms with Gasteiger partial charge in [0.1, 0.15) is 11.5 Å². The topological polar surface area (TPSA) is 60.4 Å². The van der Waals surface area contributed by atoms with Gasteiger partial charge in [0, 0.05) is 17.0 Å². The number of rotatable bonds is 4. The first kappa shape index (κ1) is 17.3. The monoisotopic (exact) mass is 404 g/mol. The molecule has 1 heterocycles. The van der Waals surface area contributed by atoms with E-state index in [2.05, 4.69) is 21.0 Å². The summed E-state index contributed by atoms with van der Waals surface area (Å²) >= 11 is 3.40. The minimum absolute atomic E-state index is 0.234. The molecule has 1 aliphatic rings. The Morgan fingerprint density at radius 1 is 1.16 bits per heavy atom. The molecule has 130 valence electrons. The van der Waals surface area contributed by atoms with Gasteiger partial charge >= 0.3 is 0 Å². The molecule has 0 spiro atoms. The van der Waals surface area contributed by atoms with E-state index in [0.717, 1.165) is 10.0 Å². The standard InChI is InChI=1S/C18H17BrN2O4/c1-11(22)21-18(15-10-14(23-2)8-9-16(15)24-3)25-17(20-21)12-4-6-13(19)7-5-12/h4-10,18H,1-3H3. The largest absolute Gasteiger partial charge is 0.497 e. The van der Waals surface area contributed by atoms with E-state index >= 15 is 0 Å². The molecule has 25 heavy (non-hydrogen) atoms. The second-order valence-corrected chi connectivity index (χ2v) is 6.27. The molecule has 0 aliphatic carbocycles. The molecular weight excluding hydrogens is 388 g/mol. The Morgan fingerprint density at radius 2 is 1.88 bits per heavy atom. The van der Waals surface area contributed by atoms with Crippen molar-refractivity contribution in [2.45, 2.75) is 13.2 Å². The van der Waals surface area contributed by atoms with Gasteiger partial charge in [-0.25, -0.2) is 0 Å². The van der Waals surface area contributed by atoms with Gasteiger partial charge < -0.3 is 14.2 Å². The molecule has 1 aliphatic heterocycles. The normalized spacial score (nSPS) is 16.2. The smallest absolute Gasteiger partial charge is 0.243 e. The second kappa shape index (κ2) is 7.14. The van der Waals surface area contributed by atoms with E-state index < -0.39 is 6.23 Å². The molecule has 0 bridgehead atoms. The number of ether oxygens (including phenoxy) is 3. The van der Waals surface area contributed by atoms with Gasteiger partial charge in [0.05, 0.1) is 19.8 Å². The third-order valence-electron chi connectivity index (χ3n) is 3.76. The summed E-state index contributed by atoms with van der Waals surface area (Å²) in [7, 11) is 3.14. The van der Waals surface area contributed by atoms with Gasteiger partial charge in [0.2, 0.25) is 18.0 Å². The van der Waals surface area contributed by atoms with Gasteiger partial charge in [-0.1, -0.05) is 15.9 Å². The lowest BCUT2D eigenvalue weighted by Crippen LogP contribution is -2.25. The molecular formula is C18H17BrN2O4. The lowest BCUT2D eigenvalue weighted by molar-refractivity contribution is -0.135. The SMILES string of the molecule is COc1ccc(OC)c(C2OC(c3ccc(Br)cc3)=NN2C(C)=O)c1. The molecule has 1 atom stereocenters. The molecule has 2 aromatic carbocycles. The van der Waals surface area contributed by atoms with Gasteiger partial charge in [-0.2, -0.15) is 5.01 Å². The predicted octanol–water partition coefficient (Wildman–Crippen LogP) is 3.71. The number of carbonyl (C=O) groups excluding carboxylic acids is 1. The zero-order chi connectivity index (χ0) is 18.0. The van der Waals surface area contributed by atoms with Crippen molar-refractivity contribution in [2.75, 3.05) is 14.2 Å². The van der Waals surface area contributed by atoms with Crippen LogP contribution in [-0.2, 0) is 9.53 Å². The highest BCUT2D eigenvalue weighted by Crippen LogP contribution is 2.37. The van der Waals surface area contributed by atoms with Gasteiger partial charge in [0.25, 0.3) is 0 Å². The van der Waals surface area contributed by atoms with Crippen LogP contribution in [0.5, 0.6) is 11.5 Å². The number of benzene rings is 2. The van der Waals surface area contributed by atoms with Crippen molar-refractivity contribution in [2.24, 2.45) is 5.10 Å². The van der Waals surface area contributed by atoms with E-state index in [1.54, 1.807) is 32.4 Å². The molecule has 1 unspecified atom stereocenters. The van der Waals surface area contributed by atoms with E-state index in [1.807, 2.05) is 24.3 Å². The van der Waals surface area contributed by atoms with Crippen LogP contribution in [0, 0.1) is 0 Å². The fraction of sp³-hybridized carbons (Fsp3) is 0.222. The van der Waals surface area contributed by atoms with Crippen molar-refractivity contribution in [1.29, 1.82) is 0 Å². The number of hydrazone groups is 1. The number of halogens is 1. The summed E-state index contributed by atoms with van der Waals surface area (Å²) in [4.78, 5) is 12.1. The van der Waals surface area contributed by atoms with Crippen LogP contribution in [0.2, 0.25) is 0 Å². The number of amides is 1. The van der Waals surface area contributed by atoms with Gasteiger partial charge in [-0.05, 0) is 42.5 Å². The van der Waals surface area contributed by atoms with Crippen molar-refractivity contribution in [3.8, 4) is 11.5 Å². The highest BCUT2D eigenvalue weighted by Gasteiger charge is 2.35. The molecule has 0 N–H and O–H groups in total. The van der Waals surface area contributed by atoms with Crippen molar-refractivity contribution in [1.82, 2.24) is 5.01 Å². The van der Waals surface area contributed by atoms with E-state index in [1.165, 1.54) is 11.9 Å². The number of methoxy groups -OCH3 is 2. The maximum atomic E-state index is 12.1. The highest BCUT2D eigenvalue weighted by molar-refractivity contribution is 9.10. The first-order chi connectivity index (χ1) is 12.0.